The van der Waals surface area contributed by atoms with Crippen LogP contribution < -0.4 is 10.1 Å². The van der Waals surface area contributed by atoms with Gasteiger partial charge in [-0.05, 0) is 36.6 Å². The highest BCUT2D eigenvalue weighted by atomic mass is 35.5. The van der Waals surface area contributed by atoms with E-state index in [1.165, 1.54) is 11.8 Å². The van der Waals surface area contributed by atoms with Crippen molar-refractivity contribution in [3.63, 3.8) is 0 Å². The fourth-order valence-electron chi connectivity index (χ4n) is 3.55. The van der Waals surface area contributed by atoms with Crippen LogP contribution in [-0.4, -0.2) is 41.0 Å². The molecule has 1 aliphatic heterocycles. The van der Waals surface area contributed by atoms with Crippen molar-refractivity contribution in [3.8, 4) is 17.0 Å². The van der Waals surface area contributed by atoms with E-state index in [1.807, 2.05) is 24.4 Å². The van der Waals surface area contributed by atoms with Gasteiger partial charge in [-0.15, -0.1) is 0 Å². The summed E-state index contributed by atoms with van der Waals surface area (Å²) >= 11 is 7.55. The molecular weight excluding hydrogens is 434 g/mol. The van der Waals surface area contributed by atoms with Gasteiger partial charge in [-0.2, -0.15) is 0 Å². The first-order valence-electron chi connectivity index (χ1n) is 10.1. The van der Waals surface area contributed by atoms with E-state index in [1.54, 1.807) is 25.3 Å². The Morgan fingerprint density at radius 1 is 1.32 bits per heavy atom. The lowest BCUT2D eigenvalue weighted by atomic mass is 10.1. The van der Waals surface area contributed by atoms with Crippen molar-refractivity contribution in [3.05, 3.63) is 59.8 Å². The predicted molar refractivity (Wildman–Crippen MR) is 124 cm³/mol. The first kappa shape index (κ1) is 21.7. The van der Waals surface area contributed by atoms with Crippen molar-refractivity contribution in [2.45, 2.75) is 30.6 Å². The van der Waals surface area contributed by atoms with Crippen molar-refractivity contribution in [1.82, 2.24) is 9.55 Å². The minimum Gasteiger partial charge on any atom is -0.495 e. The second-order valence-corrected chi connectivity index (χ2v) is 8.57. The number of hydrogen-bond donors (Lipinski definition) is 1. The molecular formula is C23H24ClN3O3S. The summed E-state index contributed by atoms with van der Waals surface area (Å²) in [7, 11) is 1.55. The number of benzene rings is 2. The van der Waals surface area contributed by atoms with Crippen LogP contribution in [0.2, 0.25) is 5.02 Å². The van der Waals surface area contributed by atoms with Gasteiger partial charge in [0, 0.05) is 12.3 Å². The Morgan fingerprint density at radius 2 is 2.16 bits per heavy atom. The van der Waals surface area contributed by atoms with Gasteiger partial charge in [-0.3, -0.25) is 4.79 Å². The number of methoxy groups -OCH3 is 1. The number of carbonyl (C=O) groups is 1. The van der Waals surface area contributed by atoms with E-state index in [4.69, 9.17) is 21.1 Å². The van der Waals surface area contributed by atoms with Crippen LogP contribution in [0, 0.1) is 0 Å². The maximum atomic E-state index is 12.5. The molecule has 6 nitrogen and oxygen atoms in total. The summed E-state index contributed by atoms with van der Waals surface area (Å²) in [4.78, 5) is 17.1. The lowest BCUT2D eigenvalue weighted by Gasteiger charge is -2.16. The van der Waals surface area contributed by atoms with Crippen LogP contribution in [0.1, 0.15) is 12.8 Å². The third-order valence-corrected chi connectivity index (χ3v) is 6.35. The van der Waals surface area contributed by atoms with E-state index in [-0.39, 0.29) is 17.8 Å². The summed E-state index contributed by atoms with van der Waals surface area (Å²) in [5.41, 5.74) is 2.75. The molecule has 0 saturated carbocycles. The molecule has 8 heteroatoms. The van der Waals surface area contributed by atoms with Crippen LogP contribution in [0.25, 0.3) is 11.3 Å². The highest BCUT2D eigenvalue weighted by Crippen LogP contribution is 2.29. The van der Waals surface area contributed by atoms with Gasteiger partial charge in [0.25, 0.3) is 0 Å². The van der Waals surface area contributed by atoms with Gasteiger partial charge in [0.05, 0.1) is 42.4 Å². The summed E-state index contributed by atoms with van der Waals surface area (Å²) in [5, 5.41) is 4.13. The first-order chi connectivity index (χ1) is 15.1. The van der Waals surface area contributed by atoms with Crippen molar-refractivity contribution in [2.24, 2.45) is 0 Å². The minimum atomic E-state index is -0.126. The Labute approximate surface area is 190 Å². The predicted octanol–water partition coefficient (Wildman–Crippen LogP) is 5.12. The number of aromatic nitrogens is 2. The van der Waals surface area contributed by atoms with Crippen LogP contribution in [0.15, 0.2) is 59.9 Å². The molecule has 0 aliphatic carbocycles. The number of halogens is 1. The number of imidazole rings is 1. The van der Waals surface area contributed by atoms with E-state index in [9.17, 15) is 4.79 Å². The van der Waals surface area contributed by atoms with E-state index >= 15 is 0 Å². The highest BCUT2D eigenvalue weighted by Gasteiger charge is 2.21. The molecule has 0 radical (unpaired) electrons. The Hall–Kier alpha value is -2.48. The molecule has 1 aliphatic rings. The average Bonchev–Trinajstić information content (AvgIpc) is 3.43. The van der Waals surface area contributed by atoms with Crippen molar-refractivity contribution in [2.75, 3.05) is 24.8 Å². The highest BCUT2D eigenvalue weighted by molar-refractivity contribution is 7.99. The molecule has 1 unspecified atom stereocenters. The lowest BCUT2D eigenvalue weighted by Crippen LogP contribution is -2.18. The quantitative estimate of drug-likeness (QED) is 0.475. The van der Waals surface area contributed by atoms with Gasteiger partial charge in [-0.1, -0.05) is 53.7 Å². The van der Waals surface area contributed by atoms with Crippen LogP contribution in [0.4, 0.5) is 5.69 Å². The molecule has 31 heavy (non-hydrogen) atoms. The molecule has 1 N–H and O–H groups in total. The normalized spacial score (nSPS) is 15.7. The molecule has 2 heterocycles. The number of thioether (sulfide) groups is 1. The topological polar surface area (TPSA) is 65.4 Å². The molecule has 1 saturated heterocycles. The SMILES string of the molecule is COc1ccc(NC(=O)CSc2ncc(-c3ccccc3)n2CC2CCCO2)cc1Cl. The average molecular weight is 458 g/mol. The molecule has 0 spiro atoms. The smallest absolute Gasteiger partial charge is 0.234 e. The number of nitrogens with one attached hydrogen (secondary N) is 1. The molecule has 1 fully saturated rings. The molecule has 1 atom stereocenters. The number of nitrogens with zero attached hydrogens (tertiary/aromatic N) is 2. The zero-order valence-corrected chi connectivity index (χ0v) is 18.8. The van der Waals surface area contributed by atoms with Crippen molar-refractivity contribution in [1.29, 1.82) is 0 Å². The third kappa shape index (κ3) is 5.42. The molecule has 1 aromatic heterocycles. The Bertz CT molecular complexity index is 1040. The number of rotatable bonds is 8. The Morgan fingerprint density at radius 3 is 2.87 bits per heavy atom. The standard InChI is InChI=1S/C23H24ClN3O3S/c1-29-21-10-9-17(12-19(21)24)26-22(28)15-31-23-25-13-20(16-6-3-2-4-7-16)27(23)14-18-8-5-11-30-18/h2-4,6-7,9-10,12-13,18H,5,8,11,14-15H2,1H3,(H,26,28). The van der Waals surface area contributed by atoms with E-state index in [0.29, 0.717) is 16.5 Å². The fraction of sp³-hybridized carbons (Fsp3) is 0.304. The summed E-state index contributed by atoms with van der Waals surface area (Å²) in [6.07, 6.45) is 4.16. The number of anilines is 1. The Kier molecular flexibility index (Phi) is 7.17. The molecule has 4 rings (SSSR count). The number of carbonyl (C=O) groups excluding carboxylic acids is 1. The second-order valence-electron chi connectivity index (χ2n) is 7.22. The Balaban J connectivity index is 1.46. The zero-order chi connectivity index (χ0) is 21.6. The number of amides is 1. The molecule has 1 amide bonds. The van der Waals surface area contributed by atoms with E-state index in [0.717, 1.165) is 42.4 Å². The molecule has 2 aromatic carbocycles. The summed E-state index contributed by atoms with van der Waals surface area (Å²) < 4.78 is 13.2. The molecule has 0 bridgehead atoms. The van der Waals surface area contributed by atoms with Gasteiger partial charge in [0.1, 0.15) is 5.75 Å². The number of hydrogen-bond acceptors (Lipinski definition) is 5. The zero-order valence-electron chi connectivity index (χ0n) is 17.2. The van der Waals surface area contributed by atoms with Crippen LogP contribution in [-0.2, 0) is 16.1 Å². The van der Waals surface area contributed by atoms with Crippen molar-refractivity contribution >= 4 is 35.0 Å². The van der Waals surface area contributed by atoms with Gasteiger partial charge in [0.2, 0.25) is 5.91 Å². The fourth-order valence-corrected chi connectivity index (χ4v) is 4.60. The van der Waals surface area contributed by atoms with E-state index in [2.05, 4.69) is 27.0 Å². The monoisotopic (exact) mass is 457 g/mol. The van der Waals surface area contributed by atoms with Gasteiger partial charge >= 0.3 is 0 Å². The van der Waals surface area contributed by atoms with Gasteiger partial charge < -0.3 is 19.4 Å². The van der Waals surface area contributed by atoms with Crippen LogP contribution in [0.5, 0.6) is 5.75 Å². The van der Waals surface area contributed by atoms with Gasteiger partial charge in [-0.25, -0.2) is 4.98 Å². The summed E-state index contributed by atoms with van der Waals surface area (Å²) in [6.45, 7) is 1.53. The molecule has 3 aromatic rings. The molecule has 162 valence electrons. The maximum absolute atomic E-state index is 12.5. The van der Waals surface area contributed by atoms with Gasteiger partial charge in [0.15, 0.2) is 5.16 Å². The first-order valence-corrected chi connectivity index (χ1v) is 11.5. The largest absolute Gasteiger partial charge is 0.495 e. The van der Waals surface area contributed by atoms with E-state index < -0.39 is 0 Å². The van der Waals surface area contributed by atoms with Crippen LogP contribution >= 0.6 is 23.4 Å². The summed E-state index contributed by atoms with van der Waals surface area (Å²) in [5.74, 6) is 0.679. The number of ether oxygens (including phenoxy) is 2. The maximum Gasteiger partial charge on any atom is 0.234 e. The van der Waals surface area contributed by atoms with Crippen LogP contribution in [0.3, 0.4) is 0 Å². The minimum absolute atomic E-state index is 0.126. The third-order valence-electron chi connectivity index (χ3n) is 5.07. The van der Waals surface area contributed by atoms with Crippen molar-refractivity contribution < 1.29 is 14.3 Å². The lowest BCUT2D eigenvalue weighted by molar-refractivity contribution is -0.113. The second kappa shape index (κ2) is 10.2. The summed E-state index contributed by atoms with van der Waals surface area (Å²) in [6, 6.07) is 15.3.